The molecule has 1 atom stereocenters. The first-order valence-corrected chi connectivity index (χ1v) is 5.71. The molecule has 0 spiro atoms. The van der Waals surface area contributed by atoms with Gasteiger partial charge in [-0.15, -0.1) is 0 Å². The van der Waals surface area contributed by atoms with Gasteiger partial charge in [0.15, 0.2) is 0 Å². The first kappa shape index (κ1) is 13.4. The maximum absolute atomic E-state index is 11.5. The van der Waals surface area contributed by atoms with Crippen LogP contribution in [0.25, 0.3) is 0 Å². The lowest BCUT2D eigenvalue weighted by Crippen LogP contribution is -2.33. The van der Waals surface area contributed by atoms with E-state index in [1.807, 2.05) is 6.92 Å². The molecule has 0 fully saturated rings. The number of carbonyl (C=O) groups excluding carboxylic acids is 2. The molecule has 4 heteroatoms. The van der Waals surface area contributed by atoms with Crippen LogP contribution in [0.15, 0.2) is 30.3 Å². The fourth-order valence-corrected chi connectivity index (χ4v) is 1.34. The fourth-order valence-electron chi connectivity index (χ4n) is 1.34. The van der Waals surface area contributed by atoms with E-state index in [-0.39, 0.29) is 0 Å². The molecule has 1 aromatic carbocycles. The van der Waals surface area contributed by atoms with Gasteiger partial charge in [0.25, 0.3) is 0 Å². The fraction of sp³-hybridized carbons (Fsp3) is 0.385. The van der Waals surface area contributed by atoms with Gasteiger partial charge in [0.2, 0.25) is 0 Å². The van der Waals surface area contributed by atoms with Crippen LogP contribution < -0.4 is 5.73 Å². The van der Waals surface area contributed by atoms with E-state index in [4.69, 9.17) is 10.5 Å². The molecule has 0 aliphatic carbocycles. The lowest BCUT2D eigenvalue weighted by Gasteiger charge is -2.09. The van der Waals surface area contributed by atoms with E-state index >= 15 is 0 Å². The zero-order valence-corrected chi connectivity index (χ0v) is 9.89. The summed E-state index contributed by atoms with van der Waals surface area (Å²) in [6.07, 6.45) is 2.33. The molecule has 2 N–H and O–H groups in total. The average molecular weight is 235 g/mol. The van der Waals surface area contributed by atoms with Crippen molar-refractivity contribution < 1.29 is 14.3 Å². The minimum atomic E-state index is -0.720. The summed E-state index contributed by atoms with van der Waals surface area (Å²) >= 11 is 0. The van der Waals surface area contributed by atoms with Gasteiger partial charge in [0.05, 0.1) is 5.56 Å². The Morgan fingerprint density at radius 2 is 1.94 bits per heavy atom. The molecular weight excluding hydrogens is 218 g/mol. The highest BCUT2D eigenvalue weighted by Gasteiger charge is 2.18. The number of rotatable bonds is 5. The first-order chi connectivity index (χ1) is 8.15. The minimum Gasteiger partial charge on any atom is -0.388 e. The van der Waals surface area contributed by atoms with Crippen molar-refractivity contribution in [3.63, 3.8) is 0 Å². The standard InChI is InChI=1S/C13H17NO3/c1-2-3-9-11(14)13(16)17-12(15)10-7-5-4-6-8-10/h4-8,11H,2-3,9,14H2,1H3/t11-/m1/s1. The Morgan fingerprint density at radius 1 is 1.29 bits per heavy atom. The van der Waals surface area contributed by atoms with E-state index in [1.165, 1.54) is 0 Å². The van der Waals surface area contributed by atoms with Crippen molar-refractivity contribution in [1.82, 2.24) is 0 Å². The topological polar surface area (TPSA) is 69.4 Å². The molecule has 1 aromatic rings. The van der Waals surface area contributed by atoms with E-state index in [1.54, 1.807) is 30.3 Å². The first-order valence-electron chi connectivity index (χ1n) is 5.71. The van der Waals surface area contributed by atoms with Crippen molar-refractivity contribution in [2.24, 2.45) is 5.73 Å². The third kappa shape index (κ3) is 4.36. The Labute approximate surface area is 101 Å². The second kappa shape index (κ2) is 6.81. The summed E-state index contributed by atoms with van der Waals surface area (Å²) in [5, 5.41) is 0. The van der Waals surface area contributed by atoms with Crippen LogP contribution in [-0.2, 0) is 9.53 Å². The van der Waals surface area contributed by atoms with E-state index < -0.39 is 18.0 Å². The molecule has 0 bridgehead atoms. The molecule has 0 aromatic heterocycles. The predicted molar refractivity (Wildman–Crippen MR) is 64.4 cm³/mol. The third-order valence-corrected chi connectivity index (χ3v) is 2.37. The molecule has 0 amide bonds. The highest BCUT2D eigenvalue weighted by Crippen LogP contribution is 2.04. The van der Waals surface area contributed by atoms with E-state index in [0.29, 0.717) is 12.0 Å². The summed E-state index contributed by atoms with van der Waals surface area (Å²) in [7, 11) is 0. The molecule has 0 aliphatic heterocycles. The molecule has 0 saturated heterocycles. The van der Waals surface area contributed by atoms with Crippen LogP contribution in [0.5, 0.6) is 0 Å². The van der Waals surface area contributed by atoms with Gasteiger partial charge in [0, 0.05) is 0 Å². The SMILES string of the molecule is CCCC[C@@H](N)C(=O)OC(=O)c1ccccc1. The summed E-state index contributed by atoms with van der Waals surface area (Å²) in [4.78, 5) is 23.0. The van der Waals surface area contributed by atoms with Gasteiger partial charge >= 0.3 is 11.9 Å². The molecule has 1 rings (SSSR count). The number of carbonyl (C=O) groups is 2. The molecule has 0 aliphatic rings. The Morgan fingerprint density at radius 3 is 2.53 bits per heavy atom. The van der Waals surface area contributed by atoms with E-state index in [9.17, 15) is 9.59 Å². The molecule has 4 nitrogen and oxygen atoms in total. The molecule has 0 unspecified atom stereocenters. The summed E-state index contributed by atoms with van der Waals surface area (Å²) in [6.45, 7) is 2.01. The van der Waals surface area contributed by atoms with Gasteiger partial charge in [0.1, 0.15) is 6.04 Å². The Kier molecular flexibility index (Phi) is 5.36. The largest absolute Gasteiger partial charge is 0.388 e. The van der Waals surface area contributed by atoms with Gasteiger partial charge in [-0.2, -0.15) is 0 Å². The molecule has 0 saturated carbocycles. The average Bonchev–Trinajstić information content (AvgIpc) is 2.36. The number of hydrogen-bond acceptors (Lipinski definition) is 4. The highest BCUT2D eigenvalue weighted by molar-refractivity contribution is 5.97. The van der Waals surface area contributed by atoms with Gasteiger partial charge in [-0.1, -0.05) is 38.0 Å². The maximum atomic E-state index is 11.5. The van der Waals surface area contributed by atoms with Crippen LogP contribution in [-0.4, -0.2) is 18.0 Å². The second-order valence-electron chi connectivity index (χ2n) is 3.82. The monoisotopic (exact) mass is 235 g/mol. The normalized spacial score (nSPS) is 11.9. The van der Waals surface area contributed by atoms with Gasteiger partial charge < -0.3 is 10.5 Å². The van der Waals surface area contributed by atoms with Gasteiger partial charge in [-0.25, -0.2) is 9.59 Å². The molecule has 92 valence electrons. The molecular formula is C13H17NO3. The highest BCUT2D eigenvalue weighted by atomic mass is 16.6. The summed E-state index contributed by atoms with van der Waals surface area (Å²) in [6, 6.07) is 7.66. The Bertz CT molecular complexity index is 376. The zero-order valence-electron chi connectivity index (χ0n) is 9.89. The Balaban J connectivity index is 2.49. The predicted octanol–water partition coefficient (Wildman–Crippen LogP) is 1.89. The van der Waals surface area contributed by atoms with Crippen molar-refractivity contribution in [3.05, 3.63) is 35.9 Å². The third-order valence-electron chi connectivity index (χ3n) is 2.37. The number of benzene rings is 1. The number of hydrogen-bond donors (Lipinski definition) is 1. The van der Waals surface area contributed by atoms with Crippen molar-refractivity contribution in [2.45, 2.75) is 32.2 Å². The van der Waals surface area contributed by atoms with Crippen LogP contribution >= 0.6 is 0 Å². The molecule has 0 heterocycles. The second-order valence-corrected chi connectivity index (χ2v) is 3.82. The summed E-state index contributed by atoms with van der Waals surface area (Å²) in [5.41, 5.74) is 5.95. The number of unbranched alkanes of at least 4 members (excludes halogenated alkanes) is 1. The number of ether oxygens (including phenoxy) is 1. The van der Waals surface area contributed by atoms with Crippen LogP contribution in [0.3, 0.4) is 0 Å². The Hall–Kier alpha value is -1.68. The molecule has 17 heavy (non-hydrogen) atoms. The van der Waals surface area contributed by atoms with Crippen LogP contribution in [0.1, 0.15) is 36.5 Å². The molecule has 0 radical (unpaired) electrons. The van der Waals surface area contributed by atoms with E-state index in [2.05, 4.69) is 0 Å². The van der Waals surface area contributed by atoms with Gasteiger partial charge in [-0.05, 0) is 18.6 Å². The number of nitrogens with two attached hydrogens (primary N) is 1. The lowest BCUT2D eigenvalue weighted by atomic mass is 10.1. The minimum absolute atomic E-state index is 0.351. The zero-order chi connectivity index (χ0) is 12.7. The summed E-state index contributed by atoms with van der Waals surface area (Å²) in [5.74, 6) is -1.31. The smallest absolute Gasteiger partial charge is 0.345 e. The maximum Gasteiger partial charge on any atom is 0.345 e. The van der Waals surface area contributed by atoms with Crippen LogP contribution in [0.2, 0.25) is 0 Å². The van der Waals surface area contributed by atoms with Gasteiger partial charge in [-0.3, -0.25) is 0 Å². The van der Waals surface area contributed by atoms with Crippen LogP contribution in [0, 0.1) is 0 Å². The lowest BCUT2D eigenvalue weighted by molar-refractivity contribution is -0.139. The summed E-state index contributed by atoms with van der Waals surface area (Å²) < 4.78 is 4.69. The quantitative estimate of drug-likeness (QED) is 0.625. The number of esters is 2. The van der Waals surface area contributed by atoms with Crippen molar-refractivity contribution >= 4 is 11.9 Å². The van der Waals surface area contributed by atoms with Crippen molar-refractivity contribution in [1.29, 1.82) is 0 Å². The van der Waals surface area contributed by atoms with Crippen molar-refractivity contribution in [3.8, 4) is 0 Å². The van der Waals surface area contributed by atoms with E-state index in [0.717, 1.165) is 12.8 Å². The van der Waals surface area contributed by atoms with Crippen molar-refractivity contribution in [2.75, 3.05) is 0 Å². The van der Waals surface area contributed by atoms with Crippen LogP contribution in [0.4, 0.5) is 0 Å².